The third-order valence-electron chi connectivity index (χ3n) is 3.51. The molecule has 0 fully saturated rings. The van der Waals surface area contributed by atoms with Crippen LogP contribution < -0.4 is 15.4 Å². The first-order valence-corrected chi connectivity index (χ1v) is 8.36. The van der Waals surface area contributed by atoms with Crippen LogP contribution in [0, 0.1) is 0 Å². The van der Waals surface area contributed by atoms with E-state index in [1.807, 2.05) is 42.5 Å². The molecule has 0 unspecified atom stereocenters. The third kappa shape index (κ3) is 5.73. The van der Waals surface area contributed by atoms with E-state index in [0.29, 0.717) is 5.11 Å². The van der Waals surface area contributed by atoms with Gasteiger partial charge in [0.2, 0.25) is 0 Å². The molecule has 23 heavy (non-hydrogen) atoms. The van der Waals surface area contributed by atoms with Gasteiger partial charge in [0.15, 0.2) is 5.11 Å². The molecule has 2 rings (SSSR count). The Hall–Kier alpha value is -1.78. The van der Waals surface area contributed by atoms with Gasteiger partial charge in [0, 0.05) is 18.1 Å². The monoisotopic (exact) mass is 348 g/mol. The van der Waals surface area contributed by atoms with E-state index < -0.39 is 0 Å². The molecular weight excluding hydrogens is 328 g/mol. The molecule has 122 valence electrons. The molecule has 0 aliphatic heterocycles. The number of methoxy groups -OCH3 is 1. The van der Waals surface area contributed by atoms with Gasteiger partial charge in [0.25, 0.3) is 0 Å². The number of hydrogen-bond donors (Lipinski definition) is 2. The number of benzene rings is 2. The van der Waals surface area contributed by atoms with Gasteiger partial charge in [-0.25, -0.2) is 0 Å². The minimum absolute atomic E-state index is 0.659. The molecule has 0 aromatic heterocycles. The molecule has 2 N–H and O–H groups in total. The van der Waals surface area contributed by atoms with Crippen molar-refractivity contribution in [1.29, 1.82) is 0 Å². The number of halogens is 1. The Morgan fingerprint density at radius 2 is 1.52 bits per heavy atom. The molecule has 0 heterocycles. The van der Waals surface area contributed by atoms with E-state index in [1.54, 1.807) is 7.11 Å². The Kier molecular flexibility index (Phi) is 7.17. The predicted molar refractivity (Wildman–Crippen MR) is 100 cm³/mol. The normalized spacial score (nSPS) is 10.2. The summed E-state index contributed by atoms with van der Waals surface area (Å²) in [6.07, 6.45) is 1.70. The summed E-state index contributed by atoms with van der Waals surface area (Å²) in [4.78, 5) is 0. The largest absolute Gasteiger partial charge is 0.496 e. The fourth-order valence-electron chi connectivity index (χ4n) is 2.29. The maximum Gasteiger partial charge on any atom is 0.166 e. The van der Waals surface area contributed by atoms with Crippen molar-refractivity contribution in [3.05, 3.63) is 64.7 Å². The van der Waals surface area contributed by atoms with Crippen LogP contribution in [0.5, 0.6) is 5.75 Å². The SMILES string of the molecule is COc1ccccc1CCNC(=S)NCCc1ccccc1Cl. The molecule has 0 aliphatic carbocycles. The highest BCUT2D eigenvalue weighted by atomic mass is 35.5. The zero-order valence-corrected chi connectivity index (χ0v) is 14.7. The quantitative estimate of drug-likeness (QED) is 0.749. The van der Waals surface area contributed by atoms with E-state index in [0.717, 1.165) is 42.3 Å². The van der Waals surface area contributed by atoms with Crippen molar-refractivity contribution in [2.75, 3.05) is 20.2 Å². The van der Waals surface area contributed by atoms with Crippen LogP contribution >= 0.6 is 23.8 Å². The molecule has 0 bridgehead atoms. The van der Waals surface area contributed by atoms with Crippen molar-refractivity contribution in [2.45, 2.75) is 12.8 Å². The molecule has 3 nitrogen and oxygen atoms in total. The summed E-state index contributed by atoms with van der Waals surface area (Å²) in [7, 11) is 1.69. The lowest BCUT2D eigenvalue weighted by Gasteiger charge is -2.12. The molecular formula is C18H21ClN2OS. The lowest BCUT2D eigenvalue weighted by Crippen LogP contribution is -2.37. The molecule has 0 saturated carbocycles. The van der Waals surface area contributed by atoms with Gasteiger partial charge < -0.3 is 15.4 Å². The first-order valence-electron chi connectivity index (χ1n) is 7.57. The lowest BCUT2D eigenvalue weighted by atomic mass is 10.1. The molecule has 2 aromatic rings. The van der Waals surface area contributed by atoms with Crippen LogP contribution in [-0.4, -0.2) is 25.3 Å². The van der Waals surface area contributed by atoms with Crippen molar-refractivity contribution in [1.82, 2.24) is 10.6 Å². The summed E-state index contributed by atoms with van der Waals surface area (Å²) in [5.74, 6) is 0.909. The summed E-state index contributed by atoms with van der Waals surface area (Å²) in [6.45, 7) is 1.52. The van der Waals surface area contributed by atoms with Crippen LogP contribution in [0.2, 0.25) is 5.02 Å². The minimum atomic E-state index is 0.659. The first kappa shape index (κ1) is 17.6. The van der Waals surface area contributed by atoms with Crippen molar-refractivity contribution < 1.29 is 4.74 Å². The summed E-state index contributed by atoms with van der Waals surface area (Å²) in [5.41, 5.74) is 2.29. The average molecular weight is 349 g/mol. The minimum Gasteiger partial charge on any atom is -0.496 e. The van der Waals surface area contributed by atoms with Crippen molar-refractivity contribution >= 4 is 28.9 Å². The third-order valence-corrected chi connectivity index (χ3v) is 4.17. The Balaban J connectivity index is 1.68. The Labute approximate surface area is 148 Å². The molecule has 0 radical (unpaired) electrons. The van der Waals surface area contributed by atoms with Gasteiger partial charge in [-0.2, -0.15) is 0 Å². The molecule has 2 aromatic carbocycles. The highest BCUT2D eigenvalue weighted by molar-refractivity contribution is 7.80. The van der Waals surface area contributed by atoms with Crippen molar-refractivity contribution in [3.8, 4) is 5.75 Å². The van der Waals surface area contributed by atoms with E-state index in [2.05, 4.69) is 16.7 Å². The smallest absolute Gasteiger partial charge is 0.166 e. The van der Waals surface area contributed by atoms with Gasteiger partial charge in [-0.1, -0.05) is 48.0 Å². The molecule has 0 aliphatic rings. The number of para-hydroxylation sites is 1. The summed E-state index contributed by atoms with van der Waals surface area (Å²) >= 11 is 11.4. The van der Waals surface area contributed by atoms with E-state index in [9.17, 15) is 0 Å². The van der Waals surface area contributed by atoms with Gasteiger partial charge in [-0.15, -0.1) is 0 Å². The second-order valence-corrected chi connectivity index (χ2v) is 5.90. The van der Waals surface area contributed by atoms with Crippen molar-refractivity contribution in [2.24, 2.45) is 0 Å². The molecule has 0 saturated heterocycles. The highest BCUT2D eigenvalue weighted by Crippen LogP contribution is 2.17. The maximum atomic E-state index is 6.13. The Morgan fingerprint density at radius 1 is 0.957 bits per heavy atom. The second kappa shape index (κ2) is 9.38. The molecule has 0 amide bonds. The zero-order chi connectivity index (χ0) is 16.5. The molecule has 0 atom stereocenters. The number of rotatable bonds is 7. The van der Waals surface area contributed by atoms with E-state index >= 15 is 0 Å². The van der Waals surface area contributed by atoms with Gasteiger partial charge in [-0.05, 0) is 48.3 Å². The molecule has 0 spiro atoms. The van der Waals surface area contributed by atoms with Crippen LogP contribution in [0.4, 0.5) is 0 Å². The summed E-state index contributed by atoms with van der Waals surface area (Å²) in [5, 5.41) is 7.87. The zero-order valence-electron chi connectivity index (χ0n) is 13.1. The Morgan fingerprint density at radius 3 is 2.17 bits per heavy atom. The topological polar surface area (TPSA) is 33.3 Å². The highest BCUT2D eigenvalue weighted by Gasteiger charge is 2.02. The van der Waals surface area contributed by atoms with Crippen LogP contribution in [0.3, 0.4) is 0 Å². The van der Waals surface area contributed by atoms with Crippen LogP contribution in [-0.2, 0) is 12.8 Å². The fraction of sp³-hybridized carbons (Fsp3) is 0.278. The predicted octanol–water partition coefficient (Wildman–Crippen LogP) is 3.60. The van der Waals surface area contributed by atoms with Crippen LogP contribution in [0.25, 0.3) is 0 Å². The van der Waals surface area contributed by atoms with E-state index in [4.69, 9.17) is 28.6 Å². The fourth-order valence-corrected chi connectivity index (χ4v) is 2.73. The standard InChI is InChI=1S/C18H21ClN2OS/c1-22-17-9-5-3-7-15(17)11-13-21-18(23)20-12-10-14-6-2-4-8-16(14)19/h2-9H,10-13H2,1H3,(H2,20,21,23). The summed E-state index contributed by atoms with van der Waals surface area (Å²) < 4.78 is 5.34. The number of ether oxygens (including phenoxy) is 1. The number of nitrogens with one attached hydrogen (secondary N) is 2. The van der Waals surface area contributed by atoms with Crippen LogP contribution in [0.1, 0.15) is 11.1 Å². The lowest BCUT2D eigenvalue weighted by molar-refractivity contribution is 0.409. The van der Waals surface area contributed by atoms with Crippen LogP contribution in [0.15, 0.2) is 48.5 Å². The van der Waals surface area contributed by atoms with Crippen molar-refractivity contribution in [3.63, 3.8) is 0 Å². The molecule has 5 heteroatoms. The van der Waals surface area contributed by atoms with Gasteiger partial charge in [0.1, 0.15) is 5.75 Å². The van der Waals surface area contributed by atoms with Gasteiger partial charge >= 0.3 is 0 Å². The summed E-state index contributed by atoms with van der Waals surface area (Å²) in [6, 6.07) is 15.9. The van der Waals surface area contributed by atoms with Gasteiger partial charge in [-0.3, -0.25) is 0 Å². The first-order chi connectivity index (χ1) is 11.2. The van der Waals surface area contributed by atoms with E-state index in [1.165, 1.54) is 5.56 Å². The number of thiocarbonyl (C=S) groups is 1. The van der Waals surface area contributed by atoms with E-state index in [-0.39, 0.29) is 0 Å². The average Bonchev–Trinajstić information content (AvgIpc) is 2.57. The number of hydrogen-bond acceptors (Lipinski definition) is 2. The second-order valence-electron chi connectivity index (χ2n) is 5.09. The maximum absolute atomic E-state index is 6.13. The van der Waals surface area contributed by atoms with Gasteiger partial charge in [0.05, 0.1) is 7.11 Å². The Bertz CT molecular complexity index is 648.